The van der Waals surface area contributed by atoms with Gasteiger partial charge < -0.3 is 19.9 Å². The number of guanidine groups is 1. The van der Waals surface area contributed by atoms with Crippen LogP contribution in [0.25, 0.3) is 0 Å². The minimum Gasteiger partial charge on any atom is -0.444 e. The number of piperidine rings is 1. The van der Waals surface area contributed by atoms with E-state index in [2.05, 4.69) is 29.1 Å². The van der Waals surface area contributed by atoms with Crippen LogP contribution in [-0.2, 0) is 4.74 Å². The Hall–Kier alpha value is -1.11. The lowest BCUT2D eigenvalue weighted by Crippen LogP contribution is -2.52. The third-order valence-corrected chi connectivity index (χ3v) is 5.95. The number of hydrogen-bond donors (Lipinski definition) is 1. The van der Waals surface area contributed by atoms with Crippen molar-refractivity contribution >= 4 is 23.8 Å². The van der Waals surface area contributed by atoms with Crippen molar-refractivity contribution in [3.63, 3.8) is 0 Å². The first-order valence-electron chi connectivity index (χ1n) is 9.67. The fraction of sp³-hybridized carbons (Fsp3) is 0.895. The van der Waals surface area contributed by atoms with E-state index in [0.29, 0.717) is 5.92 Å². The molecule has 0 aromatic carbocycles. The molecule has 0 aromatic rings. The Morgan fingerprint density at radius 1 is 1.31 bits per heavy atom. The van der Waals surface area contributed by atoms with Crippen LogP contribution >= 0.6 is 11.8 Å². The van der Waals surface area contributed by atoms with Crippen molar-refractivity contribution in [2.75, 3.05) is 45.5 Å². The van der Waals surface area contributed by atoms with Crippen molar-refractivity contribution in [3.8, 4) is 0 Å². The number of carbonyl (C=O) groups is 1. The highest BCUT2D eigenvalue weighted by atomic mass is 32.2. The second-order valence-electron chi connectivity index (χ2n) is 8.89. The maximum atomic E-state index is 12.3. The maximum absolute atomic E-state index is 12.3. The standard InChI is InChI=1S/C19H36N4O2S/c1-18(2,3)25-17(24)22-9-7-8-15(13-22)12-21-16(20-6)23-10-11-26-19(4,5)14-23/h15H,7-14H2,1-6H3,(H,20,21). The van der Waals surface area contributed by atoms with Crippen molar-refractivity contribution in [1.29, 1.82) is 0 Å². The summed E-state index contributed by atoms with van der Waals surface area (Å²) >= 11 is 2.02. The van der Waals surface area contributed by atoms with Crippen molar-refractivity contribution < 1.29 is 9.53 Å². The van der Waals surface area contributed by atoms with Crippen molar-refractivity contribution in [1.82, 2.24) is 15.1 Å². The van der Waals surface area contributed by atoms with Gasteiger partial charge >= 0.3 is 6.09 Å². The topological polar surface area (TPSA) is 57.2 Å². The van der Waals surface area contributed by atoms with Gasteiger partial charge in [-0.05, 0) is 53.4 Å². The molecule has 6 nitrogen and oxygen atoms in total. The number of amides is 1. The Bertz CT molecular complexity index is 516. The minimum absolute atomic E-state index is 0.193. The number of carbonyl (C=O) groups excluding carboxylic acids is 1. The Morgan fingerprint density at radius 2 is 2.04 bits per heavy atom. The third kappa shape index (κ3) is 6.56. The molecule has 2 fully saturated rings. The molecule has 1 atom stereocenters. The normalized spacial score (nSPS) is 24.4. The van der Waals surface area contributed by atoms with Crippen LogP contribution in [0.2, 0.25) is 0 Å². The largest absolute Gasteiger partial charge is 0.444 e. The van der Waals surface area contributed by atoms with E-state index >= 15 is 0 Å². The average molecular weight is 385 g/mol. The van der Waals surface area contributed by atoms with Gasteiger partial charge in [-0.3, -0.25) is 4.99 Å². The van der Waals surface area contributed by atoms with E-state index in [4.69, 9.17) is 4.74 Å². The summed E-state index contributed by atoms with van der Waals surface area (Å²) in [6.07, 6.45) is 1.96. The summed E-state index contributed by atoms with van der Waals surface area (Å²) in [5.74, 6) is 2.54. The molecule has 0 saturated carbocycles. The zero-order valence-electron chi connectivity index (χ0n) is 17.3. The van der Waals surface area contributed by atoms with Crippen LogP contribution in [0.1, 0.15) is 47.5 Å². The maximum Gasteiger partial charge on any atom is 0.410 e. The number of likely N-dealkylation sites (tertiary alicyclic amines) is 1. The molecule has 150 valence electrons. The molecule has 2 aliphatic rings. The van der Waals surface area contributed by atoms with Crippen molar-refractivity contribution in [2.45, 2.75) is 57.8 Å². The molecule has 2 aliphatic heterocycles. The summed E-state index contributed by atoms with van der Waals surface area (Å²) in [5, 5.41) is 3.54. The molecule has 0 spiro atoms. The second-order valence-corrected chi connectivity index (χ2v) is 10.7. The first kappa shape index (κ1) is 21.2. The number of aliphatic imine (C=N–C) groups is 1. The van der Waals surface area contributed by atoms with Gasteiger partial charge in [-0.2, -0.15) is 11.8 Å². The number of thioether (sulfide) groups is 1. The van der Waals surface area contributed by atoms with Crippen LogP contribution in [0.15, 0.2) is 4.99 Å². The van der Waals surface area contributed by atoms with E-state index in [1.54, 1.807) is 0 Å². The number of nitrogens with zero attached hydrogens (tertiary/aromatic N) is 3. The number of ether oxygens (including phenoxy) is 1. The number of hydrogen-bond acceptors (Lipinski definition) is 4. The zero-order valence-corrected chi connectivity index (χ0v) is 18.1. The molecule has 0 radical (unpaired) electrons. The van der Waals surface area contributed by atoms with E-state index in [-0.39, 0.29) is 10.8 Å². The average Bonchev–Trinajstić information content (AvgIpc) is 2.53. The molecular formula is C19H36N4O2S. The van der Waals surface area contributed by atoms with Gasteiger partial charge in [0.25, 0.3) is 0 Å². The van der Waals surface area contributed by atoms with Gasteiger partial charge in [0.1, 0.15) is 5.60 Å². The van der Waals surface area contributed by atoms with Gasteiger partial charge in [-0.1, -0.05) is 0 Å². The molecule has 7 heteroatoms. The SMILES string of the molecule is CN=C(NCC1CCCN(C(=O)OC(C)(C)C)C1)N1CCSC(C)(C)C1. The van der Waals surface area contributed by atoms with Crippen LogP contribution in [0, 0.1) is 5.92 Å². The molecule has 0 bridgehead atoms. The van der Waals surface area contributed by atoms with E-state index in [1.165, 1.54) is 0 Å². The minimum atomic E-state index is -0.441. The third-order valence-electron chi connectivity index (χ3n) is 4.66. The van der Waals surface area contributed by atoms with Crippen LogP contribution in [-0.4, -0.2) is 77.7 Å². The Labute approximate surface area is 163 Å². The van der Waals surface area contributed by atoms with Gasteiger partial charge in [-0.15, -0.1) is 0 Å². The van der Waals surface area contributed by atoms with Crippen LogP contribution < -0.4 is 5.32 Å². The number of rotatable bonds is 2. The second kappa shape index (κ2) is 8.72. The molecular weight excluding hydrogens is 348 g/mol. The van der Waals surface area contributed by atoms with Gasteiger partial charge in [-0.25, -0.2) is 4.79 Å². The molecule has 0 aromatic heterocycles. The fourth-order valence-corrected chi connectivity index (χ4v) is 4.60. The summed E-state index contributed by atoms with van der Waals surface area (Å²) in [6.45, 7) is 14.7. The lowest BCUT2D eigenvalue weighted by molar-refractivity contribution is 0.0168. The smallest absolute Gasteiger partial charge is 0.410 e. The Morgan fingerprint density at radius 3 is 2.65 bits per heavy atom. The van der Waals surface area contributed by atoms with Crippen LogP contribution in [0.3, 0.4) is 0 Å². The van der Waals surface area contributed by atoms with Crippen molar-refractivity contribution in [2.24, 2.45) is 10.9 Å². The van der Waals surface area contributed by atoms with E-state index in [1.807, 2.05) is 44.5 Å². The fourth-order valence-electron chi connectivity index (χ4n) is 3.49. The van der Waals surface area contributed by atoms with Gasteiger partial charge in [0.2, 0.25) is 0 Å². The molecule has 1 N–H and O–H groups in total. The van der Waals surface area contributed by atoms with Gasteiger partial charge in [0.15, 0.2) is 5.96 Å². The lowest BCUT2D eigenvalue weighted by atomic mass is 9.98. The molecule has 1 unspecified atom stereocenters. The highest BCUT2D eigenvalue weighted by Gasteiger charge is 2.30. The summed E-state index contributed by atoms with van der Waals surface area (Å²) in [5.41, 5.74) is -0.441. The predicted molar refractivity (Wildman–Crippen MR) is 110 cm³/mol. The molecule has 2 rings (SSSR count). The highest BCUT2D eigenvalue weighted by Crippen LogP contribution is 2.29. The molecule has 2 heterocycles. The molecule has 0 aliphatic carbocycles. The molecule has 26 heavy (non-hydrogen) atoms. The van der Waals surface area contributed by atoms with E-state index in [9.17, 15) is 4.79 Å². The summed E-state index contributed by atoms with van der Waals surface area (Å²) < 4.78 is 5.78. The summed E-state index contributed by atoms with van der Waals surface area (Å²) in [4.78, 5) is 21.0. The first-order valence-corrected chi connectivity index (χ1v) is 10.7. The van der Waals surface area contributed by atoms with E-state index in [0.717, 1.165) is 57.3 Å². The lowest BCUT2D eigenvalue weighted by Gasteiger charge is -2.40. The van der Waals surface area contributed by atoms with Crippen molar-refractivity contribution in [3.05, 3.63) is 0 Å². The predicted octanol–water partition coefficient (Wildman–Crippen LogP) is 3.04. The highest BCUT2D eigenvalue weighted by molar-refractivity contribution is 8.00. The van der Waals surface area contributed by atoms with Crippen LogP contribution in [0.4, 0.5) is 4.79 Å². The Kier molecular flexibility index (Phi) is 7.11. The quantitative estimate of drug-likeness (QED) is 0.586. The zero-order chi connectivity index (χ0) is 19.4. The molecule has 1 amide bonds. The molecule has 2 saturated heterocycles. The monoisotopic (exact) mass is 384 g/mol. The van der Waals surface area contributed by atoms with Gasteiger partial charge in [0, 0.05) is 50.3 Å². The summed E-state index contributed by atoms with van der Waals surface area (Å²) in [7, 11) is 1.85. The Balaban J connectivity index is 1.85. The van der Waals surface area contributed by atoms with E-state index < -0.39 is 5.60 Å². The first-order chi connectivity index (χ1) is 12.1. The van der Waals surface area contributed by atoms with Gasteiger partial charge in [0.05, 0.1) is 0 Å². The summed E-state index contributed by atoms with van der Waals surface area (Å²) in [6, 6.07) is 0. The number of nitrogens with one attached hydrogen (secondary N) is 1. The van der Waals surface area contributed by atoms with Crippen LogP contribution in [0.5, 0.6) is 0 Å².